The van der Waals surface area contributed by atoms with Crippen LogP contribution in [0, 0.1) is 10.1 Å². The molecule has 42 heavy (non-hydrogen) atoms. The predicted octanol–water partition coefficient (Wildman–Crippen LogP) is 5.03. The average Bonchev–Trinajstić information content (AvgIpc) is 3.62. The number of nitrogens with one attached hydrogen (secondary N) is 2. The molecule has 1 amide bonds. The van der Waals surface area contributed by atoms with Crippen molar-refractivity contribution in [2.24, 2.45) is 0 Å². The van der Waals surface area contributed by atoms with Crippen molar-refractivity contribution in [1.82, 2.24) is 10.3 Å². The molecule has 1 aliphatic heterocycles. The zero-order valence-electron chi connectivity index (χ0n) is 22.9. The summed E-state index contributed by atoms with van der Waals surface area (Å²) < 4.78 is 22.2. The van der Waals surface area contributed by atoms with E-state index in [0.717, 1.165) is 5.69 Å². The van der Waals surface area contributed by atoms with Gasteiger partial charge in [-0.05, 0) is 60.7 Å². The third kappa shape index (κ3) is 5.60. The van der Waals surface area contributed by atoms with Gasteiger partial charge in [0.25, 0.3) is 5.69 Å². The Morgan fingerprint density at radius 1 is 1.10 bits per heavy atom. The van der Waals surface area contributed by atoms with Gasteiger partial charge >= 0.3 is 0 Å². The molecule has 12 nitrogen and oxygen atoms in total. The van der Waals surface area contributed by atoms with E-state index in [1.807, 2.05) is 35.2 Å². The predicted molar refractivity (Wildman–Crippen MR) is 159 cm³/mol. The van der Waals surface area contributed by atoms with E-state index >= 15 is 0 Å². The molecule has 0 radical (unpaired) electrons. The molecule has 2 aromatic carbocycles. The highest BCUT2D eigenvalue weighted by Crippen LogP contribution is 2.45. The Labute approximate surface area is 246 Å². The van der Waals surface area contributed by atoms with Gasteiger partial charge in [-0.15, -0.1) is 0 Å². The van der Waals surface area contributed by atoms with Crippen LogP contribution in [0.1, 0.15) is 23.5 Å². The van der Waals surface area contributed by atoms with Gasteiger partial charge < -0.3 is 34.2 Å². The second-order valence-corrected chi connectivity index (χ2v) is 9.59. The Balaban J connectivity index is 1.59. The minimum atomic E-state index is -0.499. The number of thiocarbonyl (C=S) groups is 1. The summed E-state index contributed by atoms with van der Waals surface area (Å²) in [6.45, 7) is -0.122. The van der Waals surface area contributed by atoms with Crippen LogP contribution in [0.25, 0.3) is 11.3 Å². The first-order valence-electron chi connectivity index (χ1n) is 12.7. The van der Waals surface area contributed by atoms with Crippen LogP contribution in [-0.2, 0) is 9.53 Å². The van der Waals surface area contributed by atoms with Gasteiger partial charge in [0.2, 0.25) is 5.91 Å². The first-order chi connectivity index (χ1) is 20.3. The van der Waals surface area contributed by atoms with Crippen LogP contribution in [0.3, 0.4) is 0 Å². The monoisotopic (exact) mass is 589 g/mol. The number of hydrogen-bond donors (Lipinski definition) is 2. The van der Waals surface area contributed by atoms with Crippen LogP contribution < -0.4 is 25.0 Å². The number of nitro benzene ring substituents is 1. The molecule has 0 unspecified atom stereocenters. The quantitative estimate of drug-likeness (QED) is 0.146. The lowest BCUT2D eigenvalue weighted by molar-refractivity contribution is -0.384. The average molecular weight is 590 g/mol. The van der Waals surface area contributed by atoms with E-state index in [0.29, 0.717) is 45.1 Å². The van der Waals surface area contributed by atoms with Crippen LogP contribution >= 0.6 is 12.2 Å². The maximum atomic E-state index is 12.3. The number of anilines is 2. The summed E-state index contributed by atoms with van der Waals surface area (Å²) in [6.07, 6.45) is 1.70. The Kier molecular flexibility index (Phi) is 8.31. The molecule has 0 spiro atoms. The molecule has 0 bridgehead atoms. The number of furan rings is 1. The van der Waals surface area contributed by atoms with E-state index in [9.17, 15) is 14.9 Å². The van der Waals surface area contributed by atoms with Crippen LogP contribution in [0.2, 0.25) is 0 Å². The molecule has 3 heterocycles. The van der Waals surface area contributed by atoms with E-state index < -0.39 is 17.0 Å². The highest BCUT2D eigenvalue weighted by atomic mass is 32.1. The SMILES string of the molecule is COCC(=O)Nc1cc(N2C(=S)N[C@H](c3ccccn3)[C@H]2c2ccc(-c3ccc([N+](=O)[O-])cc3OC)o2)ccc1OC. The summed E-state index contributed by atoms with van der Waals surface area (Å²) in [6, 6.07) is 18.0. The summed E-state index contributed by atoms with van der Waals surface area (Å²) >= 11 is 5.81. The summed E-state index contributed by atoms with van der Waals surface area (Å²) in [5.41, 5.74) is 2.30. The highest BCUT2D eigenvalue weighted by Gasteiger charge is 2.43. The molecule has 1 saturated heterocycles. The van der Waals surface area contributed by atoms with E-state index in [-0.39, 0.29) is 18.2 Å². The van der Waals surface area contributed by atoms with Crippen LogP contribution in [0.15, 0.2) is 77.3 Å². The van der Waals surface area contributed by atoms with Crippen molar-refractivity contribution in [2.45, 2.75) is 12.1 Å². The van der Waals surface area contributed by atoms with Crippen molar-refractivity contribution in [3.05, 3.63) is 94.5 Å². The van der Waals surface area contributed by atoms with Crippen molar-refractivity contribution in [2.75, 3.05) is 38.2 Å². The minimum absolute atomic E-state index is 0.0954. The summed E-state index contributed by atoms with van der Waals surface area (Å²) in [5.74, 6) is 1.43. The van der Waals surface area contributed by atoms with Gasteiger partial charge in [-0.25, -0.2) is 0 Å². The maximum absolute atomic E-state index is 12.3. The van der Waals surface area contributed by atoms with Gasteiger partial charge in [-0.3, -0.25) is 19.9 Å². The normalized spacial score (nSPS) is 16.2. The topological polar surface area (TPSA) is 141 Å². The molecule has 216 valence electrons. The number of aromatic nitrogens is 1. The standard InChI is InChI=1S/C29H27N5O7S/c1-38-16-26(35)31-21-14-17(8-10-23(21)39-2)33-28(27(32-29(33)42)20-6-4-5-13-30-20)24-12-11-22(41-24)19-9-7-18(34(36)37)15-25(19)40-3/h4-15,27-28H,16H2,1-3H3,(H,31,35)(H,32,42)/t27-,28-/m1/s1. The van der Waals surface area contributed by atoms with Gasteiger partial charge in [0.05, 0.1) is 48.2 Å². The van der Waals surface area contributed by atoms with E-state index in [1.165, 1.54) is 33.5 Å². The van der Waals surface area contributed by atoms with Gasteiger partial charge in [0, 0.05) is 25.1 Å². The number of nitro groups is 1. The Hall–Kier alpha value is -5.01. The fraction of sp³-hybridized carbons (Fsp3) is 0.207. The lowest BCUT2D eigenvalue weighted by atomic mass is 10.0. The number of carbonyl (C=O) groups excluding carboxylic acids is 1. The number of methoxy groups -OCH3 is 3. The molecule has 4 aromatic rings. The molecule has 5 rings (SSSR count). The number of rotatable bonds is 10. The molecule has 0 aliphatic carbocycles. The zero-order chi connectivity index (χ0) is 29.8. The first kappa shape index (κ1) is 28.5. The second kappa shape index (κ2) is 12.2. The van der Waals surface area contributed by atoms with E-state index in [2.05, 4.69) is 15.6 Å². The fourth-order valence-corrected chi connectivity index (χ4v) is 5.18. The molecule has 2 aromatic heterocycles. The highest BCUT2D eigenvalue weighted by molar-refractivity contribution is 7.80. The number of non-ortho nitro benzene ring substituents is 1. The van der Waals surface area contributed by atoms with Crippen molar-refractivity contribution in [3.63, 3.8) is 0 Å². The molecule has 1 fully saturated rings. The second-order valence-electron chi connectivity index (χ2n) is 9.21. The molecule has 13 heteroatoms. The van der Waals surface area contributed by atoms with Crippen molar-refractivity contribution in [1.29, 1.82) is 0 Å². The molecular weight excluding hydrogens is 562 g/mol. The Morgan fingerprint density at radius 2 is 1.90 bits per heavy atom. The molecular formula is C29H27N5O7S. The zero-order valence-corrected chi connectivity index (χ0v) is 23.7. The van der Waals surface area contributed by atoms with Crippen molar-refractivity contribution < 1.29 is 28.3 Å². The van der Waals surface area contributed by atoms with Crippen molar-refractivity contribution >= 4 is 40.3 Å². The van der Waals surface area contributed by atoms with E-state index in [1.54, 1.807) is 30.5 Å². The van der Waals surface area contributed by atoms with Gasteiger partial charge in [0.1, 0.15) is 35.7 Å². The number of benzene rings is 2. The number of ether oxygens (including phenoxy) is 3. The van der Waals surface area contributed by atoms with Crippen LogP contribution in [0.5, 0.6) is 11.5 Å². The Bertz CT molecular complexity index is 1630. The smallest absolute Gasteiger partial charge is 0.273 e. The largest absolute Gasteiger partial charge is 0.496 e. The lowest BCUT2D eigenvalue weighted by Gasteiger charge is -2.27. The summed E-state index contributed by atoms with van der Waals surface area (Å²) in [7, 11) is 4.39. The number of hydrogen-bond acceptors (Lipinski definition) is 9. The number of nitrogens with zero attached hydrogens (tertiary/aromatic N) is 3. The van der Waals surface area contributed by atoms with Crippen LogP contribution in [0.4, 0.5) is 17.1 Å². The van der Waals surface area contributed by atoms with Gasteiger partial charge in [0.15, 0.2) is 5.11 Å². The fourth-order valence-electron chi connectivity index (χ4n) is 4.84. The molecule has 0 saturated carbocycles. The number of pyridine rings is 1. The van der Waals surface area contributed by atoms with Gasteiger partial charge in [-0.1, -0.05) is 6.07 Å². The third-order valence-corrected chi connectivity index (χ3v) is 7.00. The summed E-state index contributed by atoms with van der Waals surface area (Å²) in [4.78, 5) is 29.6. The lowest BCUT2D eigenvalue weighted by Crippen LogP contribution is -2.29. The minimum Gasteiger partial charge on any atom is -0.496 e. The Morgan fingerprint density at radius 3 is 2.60 bits per heavy atom. The first-order valence-corrected chi connectivity index (χ1v) is 13.2. The molecule has 2 N–H and O–H groups in total. The third-order valence-electron chi connectivity index (χ3n) is 6.69. The summed E-state index contributed by atoms with van der Waals surface area (Å²) in [5, 5.41) is 17.9. The van der Waals surface area contributed by atoms with Gasteiger partial charge in [-0.2, -0.15) is 0 Å². The molecule has 1 aliphatic rings. The van der Waals surface area contributed by atoms with Crippen LogP contribution in [-0.4, -0.2) is 48.9 Å². The number of carbonyl (C=O) groups is 1. The van der Waals surface area contributed by atoms with Crippen molar-refractivity contribution in [3.8, 4) is 22.8 Å². The molecule has 2 atom stereocenters. The van der Waals surface area contributed by atoms with E-state index in [4.69, 9.17) is 30.8 Å². The maximum Gasteiger partial charge on any atom is 0.273 e. The number of amides is 1.